The van der Waals surface area contributed by atoms with Crippen LogP contribution < -0.4 is 0 Å². The van der Waals surface area contributed by atoms with Crippen molar-refractivity contribution >= 4 is 23.2 Å². The van der Waals surface area contributed by atoms with E-state index in [9.17, 15) is 0 Å². The average Bonchev–Trinajstić information content (AvgIpc) is 2.90. The van der Waals surface area contributed by atoms with Crippen LogP contribution in [0.2, 0.25) is 10.3 Å². The summed E-state index contributed by atoms with van der Waals surface area (Å²) >= 11 is 12.1. The molecule has 1 fully saturated rings. The van der Waals surface area contributed by atoms with Crippen LogP contribution >= 0.6 is 23.2 Å². The molecule has 2 rings (SSSR count). The lowest BCUT2D eigenvalue weighted by Crippen LogP contribution is -2.34. The van der Waals surface area contributed by atoms with Crippen LogP contribution in [-0.4, -0.2) is 22.5 Å². The highest BCUT2D eigenvalue weighted by Crippen LogP contribution is 2.27. The Bertz CT molecular complexity index is 428. The fraction of sp³-hybridized carbons (Fsp3) is 0.688. The van der Waals surface area contributed by atoms with E-state index in [-0.39, 0.29) is 0 Å². The molecule has 112 valence electrons. The fourth-order valence-corrected chi connectivity index (χ4v) is 3.27. The molecule has 1 aliphatic rings. The summed E-state index contributed by atoms with van der Waals surface area (Å²) in [6.45, 7) is 6.59. The number of hydrogen-bond acceptors (Lipinski definition) is 2. The second kappa shape index (κ2) is 7.63. The number of rotatable bonds is 6. The third kappa shape index (κ3) is 4.61. The van der Waals surface area contributed by atoms with Gasteiger partial charge in [-0.25, -0.2) is 4.98 Å². The van der Waals surface area contributed by atoms with Crippen LogP contribution in [-0.2, 0) is 6.54 Å². The van der Waals surface area contributed by atoms with Crippen LogP contribution in [0, 0.1) is 5.92 Å². The van der Waals surface area contributed by atoms with Crippen LogP contribution in [0.1, 0.15) is 51.5 Å². The van der Waals surface area contributed by atoms with Gasteiger partial charge in [0.05, 0.1) is 0 Å². The zero-order chi connectivity index (χ0) is 14.5. The minimum Gasteiger partial charge on any atom is -0.296 e. The van der Waals surface area contributed by atoms with Gasteiger partial charge in [-0.2, -0.15) is 0 Å². The second-order valence-corrected chi connectivity index (χ2v) is 6.92. The standard InChI is InChI=1S/C16H24Cl2N2/c1-12(2)9-10-20(14-5-3-4-6-14)11-13-7-8-15(17)19-16(13)18/h7-8,12,14H,3-6,9-11H2,1-2H3. The van der Waals surface area contributed by atoms with Crippen molar-refractivity contribution in [3.63, 3.8) is 0 Å². The number of aromatic nitrogens is 1. The first kappa shape index (κ1) is 16.1. The molecular weight excluding hydrogens is 291 g/mol. The Morgan fingerprint density at radius 3 is 2.55 bits per heavy atom. The smallest absolute Gasteiger partial charge is 0.135 e. The molecule has 0 aromatic carbocycles. The molecule has 1 saturated carbocycles. The van der Waals surface area contributed by atoms with Crippen LogP contribution in [0.4, 0.5) is 0 Å². The maximum atomic E-state index is 6.22. The Morgan fingerprint density at radius 2 is 1.95 bits per heavy atom. The summed E-state index contributed by atoms with van der Waals surface area (Å²) in [5.41, 5.74) is 1.09. The van der Waals surface area contributed by atoms with Crippen molar-refractivity contribution < 1.29 is 0 Å². The zero-order valence-electron chi connectivity index (χ0n) is 12.4. The van der Waals surface area contributed by atoms with Gasteiger partial charge in [0.15, 0.2) is 0 Å². The van der Waals surface area contributed by atoms with E-state index in [4.69, 9.17) is 23.2 Å². The van der Waals surface area contributed by atoms with Crippen molar-refractivity contribution in [3.8, 4) is 0 Å². The third-order valence-electron chi connectivity index (χ3n) is 4.10. The summed E-state index contributed by atoms with van der Waals surface area (Å²) in [5, 5.41) is 1.01. The van der Waals surface area contributed by atoms with E-state index in [1.165, 1.54) is 32.1 Å². The maximum absolute atomic E-state index is 6.22. The molecule has 0 amide bonds. The Morgan fingerprint density at radius 1 is 1.25 bits per heavy atom. The van der Waals surface area contributed by atoms with Crippen LogP contribution in [0.25, 0.3) is 0 Å². The molecule has 1 aliphatic carbocycles. The first-order valence-corrected chi connectivity index (χ1v) is 8.37. The molecule has 4 heteroatoms. The highest BCUT2D eigenvalue weighted by Gasteiger charge is 2.23. The van der Waals surface area contributed by atoms with E-state index in [0.717, 1.165) is 24.6 Å². The fourth-order valence-electron chi connectivity index (χ4n) is 2.86. The molecule has 20 heavy (non-hydrogen) atoms. The molecule has 0 radical (unpaired) electrons. The Labute approximate surface area is 132 Å². The Balaban J connectivity index is 2.05. The highest BCUT2D eigenvalue weighted by molar-refractivity contribution is 6.32. The third-order valence-corrected chi connectivity index (χ3v) is 4.64. The van der Waals surface area contributed by atoms with Crippen molar-refractivity contribution in [3.05, 3.63) is 28.0 Å². The molecule has 1 aromatic rings. The number of pyridine rings is 1. The largest absolute Gasteiger partial charge is 0.296 e. The van der Waals surface area contributed by atoms with Gasteiger partial charge in [0.1, 0.15) is 10.3 Å². The van der Waals surface area contributed by atoms with Gasteiger partial charge in [-0.05, 0) is 37.8 Å². The quantitative estimate of drug-likeness (QED) is 0.673. The summed E-state index contributed by atoms with van der Waals surface area (Å²) in [4.78, 5) is 6.74. The molecule has 0 spiro atoms. The van der Waals surface area contributed by atoms with Crippen molar-refractivity contribution in [2.45, 2.75) is 58.5 Å². The molecule has 0 atom stereocenters. The summed E-state index contributed by atoms with van der Waals surface area (Å²) in [7, 11) is 0. The molecule has 0 saturated heterocycles. The van der Waals surface area contributed by atoms with Gasteiger partial charge in [0.25, 0.3) is 0 Å². The lowest BCUT2D eigenvalue weighted by atomic mass is 10.1. The zero-order valence-corrected chi connectivity index (χ0v) is 13.9. The topological polar surface area (TPSA) is 16.1 Å². The van der Waals surface area contributed by atoms with E-state index >= 15 is 0 Å². The normalized spacial score (nSPS) is 16.5. The SMILES string of the molecule is CC(C)CCN(Cc1ccc(Cl)nc1Cl)C1CCCC1. The van der Waals surface area contributed by atoms with E-state index in [0.29, 0.717) is 16.3 Å². The van der Waals surface area contributed by atoms with Crippen molar-refractivity contribution in [2.75, 3.05) is 6.54 Å². The van der Waals surface area contributed by atoms with Crippen molar-refractivity contribution in [1.29, 1.82) is 0 Å². The van der Waals surface area contributed by atoms with E-state index in [1.807, 2.05) is 12.1 Å². The number of halogens is 2. The summed E-state index contributed by atoms with van der Waals surface area (Å²) in [5.74, 6) is 0.734. The van der Waals surface area contributed by atoms with Gasteiger partial charge in [0.2, 0.25) is 0 Å². The molecule has 2 nitrogen and oxygen atoms in total. The van der Waals surface area contributed by atoms with E-state index < -0.39 is 0 Å². The van der Waals surface area contributed by atoms with Gasteiger partial charge < -0.3 is 0 Å². The van der Waals surface area contributed by atoms with Gasteiger partial charge in [-0.3, -0.25) is 4.90 Å². The molecule has 0 unspecified atom stereocenters. The van der Waals surface area contributed by atoms with Gasteiger partial charge in [-0.15, -0.1) is 0 Å². The highest BCUT2D eigenvalue weighted by atomic mass is 35.5. The molecule has 0 N–H and O–H groups in total. The Hall–Kier alpha value is -0.310. The lowest BCUT2D eigenvalue weighted by Gasteiger charge is -2.29. The van der Waals surface area contributed by atoms with Crippen LogP contribution in [0.3, 0.4) is 0 Å². The van der Waals surface area contributed by atoms with Crippen molar-refractivity contribution in [2.24, 2.45) is 5.92 Å². The predicted molar refractivity (Wildman–Crippen MR) is 86.4 cm³/mol. The minimum atomic E-state index is 0.466. The molecule has 1 heterocycles. The average molecular weight is 315 g/mol. The predicted octanol–water partition coefficient (Wildman–Crippen LogP) is 5.18. The second-order valence-electron chi connectivity index (χ2n) is 6.18. The first-order valence-electron chi connectivity index (χ1n) is 7.61. The summed E-state index contributed by atoms with van der Waals surface area (Å²) in [6, 6.07) is 4.55. The maximum Gasteiger partial charge on any atom is 0.135 e. The molecular formula is C16H24Cl2N2. The van der Waals surface area contributed by atoms with Gasteiger partial charge >= 0.3 is 0 Å². The number of nitrogens with zero attached hydrogens (tertiary/aromatic N) is 2. The van der Waals surface area contributed by atoms with Crippen molar-refractivity contribution in [1.82, 2.24) is 9.88 Å². The molecule has 1 aromatic heterocycles. The first-order chi connectivity index (χ1) is 9.56. The van der Waals surface area contributed by atoms with E-state index in [2.05, 4.69) is 23.7 Å². The van der Waals surface area contributed by atoms with E-state index in [1.54, 1.807) is 0 Å². The minimum absolute atomic E-state index is 0.466. The lowest BCUT2D eigenvalue weighted by molar-refractivity contribution is 0.179. The van der Waals surface area contributed by atoms with Gasteiger partial charge in [0, 0.05) is 18.2 Å². The Kier molecular flexibility index (Phi) is 6.13. The van der Waals surface area contributed by atoms with Crippen LogP contribution in [0.15, 0.2) is 12.1 Å². The molecule has 0 bridgehead atoms. The summed E-state index contributed by atoms with van der Waals surface area (Å²) in [6.07, 6.45) is 6.58. The molecule has 0 aliphatic heterocycles. The summed E-state index contributed by atoms with van der Waals surface area (Å²) < 4.78 is 0. The van der Waals surface area contributed by atoms with Gasteiger partial charge in [-0.1, -0.05) is 56.0 Å². The number of hydrogen-bond donors (Lipinski definition) is 0. The van der Waals surface area contributed by atoms with Crippen LogP contribution in [0.5, 0.6) is 0 Å². The monoisotopic (exact) mass is 314 g/mol.